The van der Waals surface area contributed by atoms with Crippen molar-refractivity contribution in [2.24, 2.45) is 0 Å². The number of nitrogens with zero attached hydrogens (tertiary/aromatic N) is 1. The maximum absolute atomic E-state index is 12.2. The van der Waals surface area contributed by atoms with E-state index < -0.39 is 17.8 Å². The van der Waals surface area contributed by atoms with Gasteiger partial charge in [0.25, 0.3) is 0 Å². The number of aromatic nitrogens is 1. The van der Waals surface area contributed by atoms with Crippen molar-refractivity contribution in [3.8, 4) is 0 Å². The van der Waals surface area contributed by atoms with Crippen molar-refractivity contribution in [2.45, 2.75) is 13.0 Å². The first-order valence-electron chi connectivity index (χ1n) is 6.93. The molecule has 23 heavy (non-hydrogen) atoms. The number of aliphatic carboxylic acids is 1. The summed E-state index contributed by atoms with van der Waals surface area (Å²) in [4.78, 5) is 35.3. The predicted molar refractivity (Wildman–Crippen MR) is 82.7 cm³/mol. The Morgan fingerprint density at radius 3 is 2.43 bits per heavy atom. The molecule has 0 radical (unpaired) electrons. The molecule has 2 aromatic carbocycles. The molecule has 0 spiro atoms. The molecular weight excluding hydrogens is 298 g/mol. The largest absolute Gasteiger partial charge is 0.479 e. The van der Waals surface area contributed by atoms with Crippen LogP contribution in [0.4, 0.5) is 0 Å². The number of hydrogen-bond acceptors (Lipinski definition) is 4. The molecule has 1 atom stereocenters. The smallest absolute Gasteiger partial charge is 0.421 e. The molecule has 116 valence electrons. The van der Waals surface area contributed by atoms with Gasteiger partial charge in [0.05, 0.1) is 5.52 Å². The Morgan fingerprint density at radius 1 is 1.13 bits per heavy atom. The quantitative estimate of drug-likeness (QED) is 0.748. The number of carbonyl (C=O) groups excluding carboxylic acids is 1. The van der Waals surface area contributed by atoms with E-state index in [0.717, 1.165) is 4.57 Å². The lowest BCUT2D eigenvalue weighted by Gasteiger charge is -2.13. The topological polar surface area (TPSA) is 89.5 Å². The summed E-state index contributed by atoms with van der Waals surface area (Å²) in [5, 5.41) is 9.57. The van der Waals surface area contributed by atoms with Crippen LogP contribution in [0.2, 0.25) is 0 Å². The molecule has 3 rings (SSSR count). The van der Waals surface area contributed by atoms with E-state index in [2.05, 4.69) is 0 Å². The van der Waals surface area contributed by atoms with E-state index in [1.165, 1.54) is 19.1 Å². The Labute approximate surface area is 130 Å². The number of Topliss-reactive ketones (excluding diaryl/α,β-unsaturated/α-hetero) is 1. The maximum atomic E-state index is 12.2. The molecule has 6 heteroatoms. The first-order chi connectivity index (χ1) is 11.0. The third-order valence-electron chi connectivity index (χ3n) is 3.63. The van der Waals surface area contributed by atoms with Crippen molar-refractivity contribution >= 4 is 22.9 Å². The second-order valence-corrected chi connectivity index (χ2v) is 5.13. The van der Waals surface area contributed by atoms with Crippen LogP contribution in [0.25, 0.3) is 11.1 Å². The highest BCUT2D eigenvalue weighted by Crippen LogP contribution is 2.24. The van der Waals surface area contributed by atoms with Crippen molar-refractivity contribution in [1.29, 1.82) is 0 Å². The number of carboxylic acid groups (broad SMARTS) is 1. The van der Waals surface area contributed by atoms with Crippen LogP contribution >= 0.6 is 0 Å². The van der Waals surface area contributed by atoms with Crippen molar-refractivity contribution in [1.82, 2.24) is 4.57 Å². The standard InChI is InChI=1S/C17H13NO5/c1-10(19)12-7-8-13-14(9-12)23-17(22)18(13)15(16(20)21)11-5-3-2-4-6-11/h2-9,15H,1H3,(H,20,21). The molecule has 6 nitrogen and oxygen atoms in total. The lowest BCUT2D eigenvalue weighted by molar-refractivity contribution is -0.139. The van der Waals surface area contributed by atoms with Gasteiger partial charge in [-0.1, -0.05) is 30.3 Å². The van der Waals surface area contributed by atoms with E-state index in [4.69, 9.17) is 4.42 Å². The van der Waals surface area contributed by atoms with Gasteiger partial charge in [-0.15, -0.1) is 0 Å². The monoisotopic (exact) mass is 311 g/mol. The SMILES string of the molecule is CC(=O)c1ccc2c(c1)oc(=O)n2C(C(=O)O)c1ccccc1. The number of carboxylic acids is 1. The summed E-state index contributed by atoms with van der Waals surface area (Å²) in [6.45, 7) is 1.40. The highest BCUT2D eigenvalue weighted by atomic mass is 16.4. The fourth-order valence-electron chi connectivity index (χ4n) is 2.54. The van der Waals surface area contributed by atoms with Crippen LogP contribution in [-0.2, 0) is 4.79 Å². The molecule has 0 saturated heterocycles. The molecule has 3 aromatic rings. The molecule has 1 N–H and O–H groups in total. The van der Waals surface area contributed by atoms with Gasteiger partial charge < -0.3 is 9.52 Å². The molecule has 0 saturated carbocycles. The molecule has 1 heterocycles. The highest BCUT2D eigenvalue weighted by Gasteiger charge is 2.27. The minimum absolute atomic E-state index is 0.167. The average molecular weight is 311 g/mol. The van der Waals surface area contributed by atoms with Gasteiger partial charge in [-0.25, -0.2) is 9.59 Å². The molecule has 0 aliphatic heterocycles. The lowest BCUT2D eigenvalue weighted by atomic mass is 10.1. The zero-order chi connectivity index (χ0) is 16.6. The van der Waals surface area contributed by atoms with E-state index in [9.17, 15) is 19.5 Å². The molecule has 0 aliphatic carbocycles. The predicted octanol–water partition coefficient (Wildman–Crippen LogP) is 2.47. The number of hydrogen-bond donors (Lipinski definition) is 1. The fourth-order valence-corrected chi connectivity index (χ4v) is 2.54. The summed E-state index contributed by atoms with van der Waals surface area (Å²) in [7, 11) is 0. The zero-order valence-electron chi connectivity index (χ0n) is 12.2. The number of carbonyl (C=O) groups is 2. The molecule has 1 aromatic heterocycles. The third kappa shape index (κ3) is 2.55. The number of fused-ring (bicyclic) bond motifs is 1. The van der Waals surface area contributed by atoms with Gasteiger partial charge in [0.15, 0.2) is 17.4 Å². The van der Waals surface area contributed by atoms with Crippen molar-refractivity contribution in [3.05, 3.63) is 70.2 Å². The summed E-state index contributed by atoms with van der Waals surface area (Å²) in [6.07, 6.45) is 0. The van der Waals surface area contributed by atoms with Crippen LogP contribution in [0.1, 0.15) is 28.9 Å². The molecule has 0 fully saturated rings. The number of benzene rings is 2. The summed E-state index contributed by atoms with van der Waals surface area (Å²) in [5.41, 5.74) is 1.37. The van der Waals surface area contributed by atoms with E-state index >= 15 is 0 Å². The maximum Gasteiger partial charge on any atom is 0.421 e. The highest BCUT2D eigenvalue weighted by molar-refractivity contribution is 5.97. The van der Waals surface area contributed by atoms with Gasteiger partial charge >= 0.3 is 11.7 Å². The van der Waals surface area contributed by atoms with Gasteiger partial charge in [0.1, 0.15) is 0 Å². The van der Waals surface area contributed by atoms with E-state index in [1.54, 1.807) is 36.4 Å². The average Bonchev–Trinajstić information content (AvgIpc) is 2.84. The number of rotatable bonds is 4. The summed E-state index contributed by atoms with van der Waals surface area (Å²) >= 11 is 0. The molecule has 0 bridgehead atoms. The van der Waals surface area contributed by atoms with E-state index in [0.29, 0.717) is 16.6 Å². The summed E-state index contributed by atoms with van der Waals surface area (Å²) < 4.78 is 6.21. The second-order valence-electron chi connectivity index (χ2n) is 5.13. The van der Waals surface area contributed by atoms with E-state index in [-0.39, 0.29) is 11.4 Å². The van der Waals surface area contributed by atoms with Crippen LogP contribution in [0.3, 0.4) is 0 Å². The first kappa shape index (κ1) is 14.8. The van der Waals surface area contributed by atoms with Crippen LogP contribution in [-0.4, -0.2) is 21.4 Å². The van der Waals surface area contributed by atoms with Crippen LogP contribution in [0, 0.1) is 0 Å². The Balaban J connectivity index is 2.25. The minimum Gasteiger partial charge on any atom is -0.479 e. The second kappa shape index (κ2) is 5.57. The molecule has 0 aliphatic rings. The molecule has 0 amide bonds. The van der Waals surface area contributed by atoms with Crippen molar-refractivity contribution in [3.63, 3.8) is 0 Å². The fraction of sp³-hybridized carbons (Fsp3) is 0.118. The van der Waals surface area contributed by atoms with Gasteiger partial charge in [-0.05, 0) is 30.7 Å². The zero-order valence-corrected chi connectivity index (χ0v) is 12.2. The minimum atomic E-state index is -1.20. The van der Waals surface area contributed by atoms with Crippen LogP contribution < -0.4 is 5.76 Å². The number of oxazole rings is 1. The van der Waals surface area contributed by atoms with Gasteiger partial charge in [-0.3, -0.25) is 9.36 Å². The Hall–Kier alpha value is -3.15. The van der Waals surface area contributed by atoms with Crippen molar-refractivity contribution in [2.75, 3.05) is 0 Å². The Bertz CT molecular complexity index is 952. The van der Waals surface area contributed by atoms with Crippen molar-refractivity contribution < 1.29 is 19.1 Å². The van der Waals surface area contributed by atoms with Gasteiger partial charge in [0.2, 0.25) is 0 Å². The normalized spacial score (nSPS) is 12.2. The Kier molecular flexibility index (Phi) is 3.57. The first-order valence-corrected chi connectivity index (χ1v) is 6.93. The molecular formula is C17H13NO5. The van der Waals surface area contributed by atoms with E-state index in [1.807, 2.05) is 0 Å². The van der Waals surface area contributed by atoms with Gasteiger partial charge in [0, 0.05) is 5.56 Å². The van der Waals surface area contributed by atoms with Crippen LogP contribution in [0.5, 0.6) is 0 Å². The van der Waals surface area contributed by atoms with Gasteiger partial charge in [-0.2, -0.15) is 0 Å². The summed E-state index contributed by atoms with van der Waals surface area (Å²) in [5.74, 6) is -2.12. The third-order valence-corrected chi connectivity index (χ3v) is 3.63. The lowest BCUT2D eigenvalue weighted by Crippen LogP contribution is -2.27. The summed E-state index contributed by atoms with van der Waals surface area (Å²) in [6, 6.07) is 11.7. The molecule has 1 unspecified atom stereocenters. The number of ketones is 1. The van der Waals surface area contributed by atoms with Crippen LogP contribution in [0.15, 0.2) is 57.7 Å². The Morgan fingerprint density at radius 2 is 1.83 bits per heavy atom.